The van der Waals surface area contributed by atoms with Gasteiger partial charge in [-0.1, -0.05) is 41.9 Å². The van der Waals surface area contributed by atoms with Crippen molar-refractivity contribution in [1.29, 1.82) is 0 Å². The minimum atomic E-state index is -0.553. The summed E-state index contributed by atoms with van der Waals surface area (Å²) in [7, 11) is 1.68. The first-order chi connectivity index (χ1) is 12.5. The third-order valence-electron chi connectivity index (χ3n) is 4.24. The van der Waals surface area contributed by atoms with Gasteiger partial charge in [-0.2, -0.15) is 5.10 Å². The quantitative estimate of drug-likeness (QED) is 0.585. The second kappa shape index (κ2) is 6.28. The van der Waals surface area contributed by atoms with Crippen LogP contribution in [0, 0.1) is 0 Å². The Morgan fingerprint density at radius 2 is 1.81 bits per heavy atom. The van der Waals surface area contributed by atoms with Crippen LogP contribution in [0.5, 0.6) is 0 Å². The molecule has 0 aliphatic carbocycles. The van der Waals surface area contributed by atoms with Crippen molar-refractivity contribution in [1.82, 2.24) is 9.78 Å². The highest BCUT2D eigenvalue weighted by Crippen LogP contribution is 2.20. The van der Waals surface area contributed by atoms with Gasteiger partial charge in [-0.25, -0.2) is 0 Å². The Labute approximate surface area is 153 Å². The predicted octanol–water partition coefficient (Wildman–Crippen LogP) is 3.99. The smallest absolute Gasteiger partial charge is 0.280 e. The first kappa shape index (κ1) is 16.3. The molecule has 1 heterocycles. The molecule has 128 valence electrons. The molecule has 0 aliphatic heterocycles. The summed E-state index contributed by atoms with van der Waals surface area (Å²) >= 11 is 5.99. The van der Waals surface area contributed by atoms with E-state index >= 15 is 0 Å². The molecule has 3 aromatic carbocycles. The van der Waals surface area contributed by atoms with E-state index in [2.05, 4.69) is 10.4 Å². The van der Waals surface area contributed by atoms with E-state index in [1.165, 1.54) is 4.68 Å². The first-order valence-electron chi connectivity index (χ1n) is 8.00. The number of anilines is 1. The third kappa shape index (κ3) is 2.82. The number of halogens is 1. The molecule has 0 unspecified atom stereocenters. The number of rotatable bonds is 2. The highest BCUT2D eigenvalue weighted by Gasteiger charge is 2.17. The van der Waals surface area contributed by atoms with Crippen molar-refractivity contribution in [3.8, 4) is 0 Å². The van der Waals surface area contributed by atoms with Crippen molar-refractivity contribution in [2.75, 3.05) is 5.32 Å². The molecule has 0 radical (unpaired) electrons. The van der Waals surface area contributed by atoms with Crippen LogP contribution in [-0.2, 0) is 7.05 Å². The van der Waals surface area contributed by atoms with Crippen LogP contribution in [0.4, 0.5) is 5.69 Å². The summed E-state index contributed by atoms with van der Waals surface area (Å²) in [6.45, 7) is 0. The van der Waals surface area contributed by atoms with Gasteiger partial charge in [-0.05, 0) is 41.1 Å². The van der Waals surface area contributed by atoms with Gasteiger partial charge in [0.05, 0.1) is 10.9 Å². The van der Waals surface area contributed by atoms with E-state index in [9.17, 15) is 9.59 Å². The van der Waals surface area contributed by atoms with Gasteiger partial charge < -0.3 is 5.32 Å². The maximum Gasteiger partial charge on any atom is 0.280 e. The van der Waals surface area contributed by atoms with E-state index in [0.29, 0.717) is 21.6 Å². The standard InChI is InChI=1S/C20H14ClN3O2/c1-24-17-9-7-14(21)11-16(17)19(25)18(23-24)20(26)22-15-8-6-12-4-2-3-5-13(12)10-15/h2-11H,1H3,(H,22,26). The zero-order valence-electron chi connectivity index (χ0n) is 13.9. The van der Waals surface area contributed by atoms with Crippen molar-refractivity contribution < 1.29 is 4.79 Å². The zero-order valence-corrected chi connectivity index (χ0v) is 14.6. The van der Waals surface area contributed by atoms with Crippen molar-refractivity contribution >= 4 is 44.9 Å². The molecule has 0 fully saturated rings. The number of aromatic nitrogens is 2. The molecule has 4 rings (SSSR count). The Morgan fingerprint density at radius 1 is 1.04 bits per heavy atom. The number of fused-ring (bicyclic) bond motifs is 2. The zero-order chi connectivity index (χ0) is 18.3. The second-order valence-electron chi connectivity index (χ2n) is 5.98. The van der Waals surface area contributed by atoms with Gasteiger partial charge in [0.25, 0.3) is 5.91 Å². The Hall–Kier alpha value is -3.18. The average molecular weight is 364 g/mol. The molecule has 1 amide bonds. The Kier molecular flexibility index (Phi) is 3.93. The lowest BCUT2D eigenvalue weighted by Gasteiger charge is -2.09. The summed E-state index contributed by atoms with van der Waals surface area (Å²) in [6.07, 6.45) is 0. The first-order valence-corrected chi connectivity index (χ1v) is 8.37. The number of nitrogens with one attached hydrogen (secondary N) is 1. The summed E-state index contributed by atoms with van der Waals surface area (Å²) in [5.74, 6) is -0.553. The number of hydrogen-bond donors (Lipinski definition) is 1. The number of aryl methyl sites for hydroxylation is 1. The molecule has 0 aliphatic rings. The topological polar surface area (TPSA) is 64.0 Å². The van der Waals surface area contributed by atoms with Crippen molar-refractivity contribution in [3.63, 3.8) is 0 Å². The van der Waals surface area contributed by atoms with E-state index in [0.717, 1.165) is 10.8 Å². The average Bonchev–Trinajstić information content (AvgIpc) is 2.64. The highest BCUT2D eigenvalue weighted by molar-refractivity contribution is 6.31. The molecule has 0 spiro atoms. The fourth-order valence-corrected chi connectivity index (χ4v) is 3.13. The van der Waals surface area contributed by atoms with Crippen LogP contribution < -0.4 is 10.7 Å². The third-order valence-corrected chi connectivity index (χ3v) is 4.47. The summed E-state index contributed by atoms with van der Waals surface area (Å²) in [4.78, 5) is 25.3. The van der Waals surface area contributed by atoms with E-state index in [1.54, 1.807) is 31.3 Å². The van der Waals surface area contributed by atoms with Gasteiger partial charge in [0, 0.05) is 17.8 Å². The molecule has 26 heavy (non-hydrogen) atoms. The summed E-state index contributed by atoms with van der Waals surface area (Å²) < 4.78 is 1.50. The second-order valence-corrected chi connectivity index (χ2v) is 6.42. The van der Waals surface area contributed by atoms with Crippen LogP contribution in [0.2, 0.25) is 5.02 Å². The van der Waals surface area contributed by atoms with Crippen LogP contribution in [0.3, 0.4) is 0 Å². The van der Waals surface area contributed by atoms with Crippen molar-refractivity contribution in [2.24, 2.45) is 7.05 Å². The largest absolute Gasteiger partial charge is 0.320 e. The van der Waals surface area contributed by atoms with Gasteiger partial charge in [-0.3, -0.25) is 14.3 Å². The van der Waals surface area contributed by atoms with E-state index in [4.69, 9.17) is 11.6 Å². The minimum absolute atomic E-state index is 0.171. The number of hydrogen-bond acceptors (Lipinski definition) is 3. The molecule has 1 N–H and O–H groups in total. The normalized spacial score (nSPS) is 11.0. The Bertz CT molecular complexity index is 1230. The lowest BCUT2D eigenvalue weighted by molar-refractivity contribution is 0.101. The number of amides is 1. The highest BCUT2D eigenvalue weighted by atomic mass is 35.5. The minimum Gasteiger partial charge on any atom is -0.320 e. The predicted molar refractivity (Wildman–Crippen MR) is 104 cm³/mol. The van der Waals surface area contributed by atoms with Gasteiger partial charge in [0.2, 0.25) is 5.43 Å². The molecular formula is C20H14ClN3O2. The number of benzene rings is 3. The monoisotopic (exact) mass is 363 g/mol. The van der Waals surface area contributed by atoms with E-state index < -0.39 is 11.3 Å². The van der Waals surface area contributed by atoms with Gasteiger partial charge in [-0.15, -0.1) is 0 Å². The van der Waals surface area contributed by atoms with Crippen LogP contribution in [0.1, 0.15) is 10.5 Å². The van der Waals surface area contributed by atoms with Crippen molar-refractivity contribution in [3.05, 3.63) is 81.6 Å². The van der Waals surface area contributed by atoms with E-state index in [1.807, 2.05) is 36.4 Å². The molecule has 4 aromatic rings. The molecule has 0 saturated heterocycles. The fraction of sp³-hybridized carbons (Fsp3) is 0.0500. The van der Waals surface area contributed by atoms with Crippen LogP contribution in [0.15, 0.2) is 65.5 Å². The Balaban J connectivity index is 1.75. The molecule has 0 bridgehead atoms. The number of nitrogens with zero attached hydrogens (tertiary/aromatic N) is 2. The van der Waals surface area contributed by atoms with Gasteiger partial charge in [0.1, 0.15) is 0 Å². The summed E-state index contributed by atoms with van der Waals surface area (Å²) in [5, 5.41) is 9.75. The number of carbonyl (C=O) groups excluding carboxylic acids is 1. The molecule has 5 nitrogen and oxygen atoms in total. The lowest BCUT2D eigenvalue weighted by atomic mass is 10.1. The molecule has 0 saturated carbocycles. The summed E-state index contributed by atoms with van der Waals surface area (Å²) in [6, 6.07) is 18.3. The van der Waals surface area contributed by atoms with Crippen LogP contribution in [0.25, 0.3) is 21.7 Å². The maximum absolute atomic E-state index is 12.7. The molecule has 6 heteroatoms. The summed E-state index contributed by atoms with van der Waals surface area (Å²) in [5.41, 5.74) is 0.597. The SMILES string of the molecule is Cn1nc(C(=O)Nc2ccc3ccccc3c2)c(=O)c2cc(Cl)ccc21. The van der Waals surface area contributed by atoms with E-state index in [-0.39, 0.29) is 5.69 Å². The number of carbonyl (C=O) groups is 1. The van der Waals surface area contributed by atoms with Gasteiger partial charge >= 0.3 is 0 Å². The van der Waals surface area contributed by atoms with Crippen molar-refractivity contribution in [2.45, 2.75) is 0 Å². The maximum atomic E-state index is 12.7. The van der Waals surface area contributed by atoms with Gasteiger partial charge in [0.15, 0.2) is 5.69 Å². The fourth-order valence-electron chi connectivity index (χ4n) is 2.96. The molecule has 0 atom stereocenters. The van der Waals surface area contributed by atoms with Crippen LogP contribution in [-0.4, -0.2) is 15.7 Å². The molecule has 1 aromatic heterocycles. The lowest BCUT2D eigenvalue weighted by Crippen LogP contribution is -2.26. The molecular weight excluding hydrogens is 350 g/mol. The Morgan fingerprint density at radius 3 is 2.62 bits per heavy atom. The van der Waals surface area contributed by atoms with Crippen LogP contribution >= 0.6 is 11.6 Å².